The Morgan fingerprint density at radius 2 is 2.05 bits per heavy atom. The summed E-state index contributed by atoms with van der Waals surface area (Å²) in [4.78, 5) is 27.1. The molecule has 0 aliphatic rings. The van der Waals surface area contributed by atoms with Gasteiger partial charge in [0, 0.05) is 0 Å². The number of hydrogen-bond acceptors (Lipinski definition) is 5. The molecule has 2 aromatic rings. The number of amides is 1. The zero-order valence-corrected chi connectivity index (χ0v) is 11.6. The molecule has 7 heteroatoms. The molecule has 3 N–H and O–H groups in total. The number of aromatic nitrogens is 2. The predicted molar refractivity (Wildman–Crippen MR) is 76.2 cm³/mol. The van der Waals surface area contributed by atoms with E-state index in [-0.39, 0.29) is 27.9 Å². The molecule has 0 saturated carbocycles. The summed E-state index contributed by atoms with van der Waals surface area (Å²) >= 11 is 1.00. The van der Waals surface area contributed by atoms with E-state index in [2.05, 4.69) is 4.98 Å². The number of para-hydroxylation sites is 1. The van der Waals surface area contributed by atoms with Gasteiger partial charge in [0.2, 0.25) is 11.8 Å². The van der Waals surface area contributed by atoms with E-state index in [4.69, 9.17) is 5.73 Å². The summed E-state index contributed by atoms with van der Waals surface area (Å²) < 4.78 is 1.35. The molecular formula is C13H13N3O3S. The van der Waals surface area contributed by atoms with Gasteiger partial charge in [-0.1, -0.05) is 30.0 Å². The van der Waals surface area contributed by atoms with Crippen molar-refractivity contribution in [1.29, 1.82) is 0 Å². The van der Waals surface area contributed by atoms with E-state index in [0.717, 1.165) is 11.8 Å². The minimum Gasteiger partial charge on any atom is -0.493 e. The van der Waals surface area contributed by atoms with E-state index in [0.29, 0.717) is 5.69 Å². The summed E-state index contributed by atoms with van der Waals surface area (Å²) in [5, 5.41) is 9.89. The fourth-order valence-corrected chi connectivity index (χ4v) is 2.35. The first-order valence-electron chi connectivity index (χ1n) is 5.80. The van der Waals surface area contributed by atoms with Crippen molar-refractivity contribution in [1.82, 2.24) is 9.55 Å². The molecule has 0 aliphatic carbocycles. The first-order chi connectivity index (χ1) is 9.50. The summed E-state index contributed by atoms with van der Waals surface area (Å²) in [6, 6.07) is 8.88. The molecule has 6 nitrogen and oxygen atoms in total. The van der Waals surface area contributed by atoms with Crippen LogP contribution >= 0.6 is 11.8 Å². The van der Waals surface area contributed by atoms with Crippen LogP contribution in [0.4, 0.5) is 0 Å². The van der Waals surface area contributed by atoms with Crippen LogP contribution in [0.15, 0.2) is 40.3 Å². The lowest BCUT2D eigenvalue weighted by Crippen LogP contribution is -2.24. The van der Waals surface area contributed by atoms with Gasteiger partial charge in [0.05, 0.1) is 17.0 Å². The van der Waals surface area contributed by atoms with Crippen molar-refractivity contribution in [3.8, 4) is 11.6 Å². The van der Waals surface area contributed by atoms with Gasteiger partial charge in [0.1, 0.15) is 0 Å². The molecule has 0 unspecified atom stereocenters. The number of nitrogens with zero attached hydrogens (tertiary/aromatic N) is 2. The average molecular weight is 291 g/mol. The van der Waals surface area contributed by atoms with E-state index in [9.17, 15) is 14.7 Å². The second-order valence-corrected chi connectivity index (χ2v) is 5.02. The number of carbonyl (C=O) groups excluding carboxylic acids is 1. The van der Waals surface area contributed by atoms with E-state index in [1.165, 1.54) is 11.5 Å². The number of carbonyl (C=O) groups is 1. The van der Waals surface area contributed by atoms with Gasteiger partial charge in [-0.15, -0.1) is 0 Å². The highest BCUT2D eigenvalue weighted by Gasteiger charge is 2.15. The quantitative estimate of drug-likeness (QED) is 0.642. The molecular weight excluding hydrogens is 278 g/mol. The molecule has 0 radical (unpaired) electrons. The first kappa shape index (κ1) is 14.1. The normalized spacial score (nSPS) is 10.4. The second-order valence-electron chi connectivity index (χ2n) is 4.07. The Bertz CT molecular complexity index is 698. The van der Waals surface area contributed by atoms with Crippen LogP contribution in [0.5, 0.6) is 5.88 Å². The highest BCUT2D eigenvalue weighted by atomic mass is 32.2. The molecule has 0 aliphatic heterocycles. The van der Waals surface area contributed by atoms with Gasteiger partial charge in [-0.2, -0.15) is 4.98 Å². The van der Waals surface area contributed by atoms with Crippen LogP contribution in [0.2, 0.25) is 0 Å². The average Bonchev–Trinajstić information content (AvgIpc) is 2.43. The Kier molecular flexibility index (Phi) is 4.09. The van der Waals surface area contributed by atoms with Crippen molar-refractivity contribution in [2.24, 2.45) is 5.73 Å². The number of benzene rings is 1. The standard InChI is InChI=1S/C13H13N3O3S/c1-8-11(18)15-13(20-7-10(14)17)16(12(8)19)9-5-3-2-4-6-9/h2-6,18H,7H2,1H3,(H2,14,17). The van der Waals surface area contributed by atoms with Crippen LogP contribution < -0.4 is 11.3 Å². The highest BCUT2D eigenvalue weighted by Crippen LogP contribution is 2.21. The molecule has 0 saturated heterocycles. The molecule has 1 amide bonds. The Labute approximate surface area is 119 Å². The van der Waals surface area contributed by atoms with Gasteiger partial charge < -0.3 is 10.8 Å². The van der Waals surface area contributed by atoms with E-state index >= 15 is 0 Å². The molecule has 1 aromatic carbocycles. The topological polar surface area (TPSA) is 98.2 Å². The predicted octanol–water partition coefficient (Wildman–Crippen LogP) is 0.824. The van der Waals surface area contributed by atoms with Crippen molar-refractivity contribution < 1.29 is 9.90 Å². The highest BCUT2D eigenvalue weighted by molar-refractivity contribution is 7.99. The minimum absolute atomic E-state index is 0.0260. The molecule has 0 fully saturated rings. The number of hydrogen-bond donors (Lipinski definition) is 2. The minimum atomic E-state index is -0.524. The fourth-order valence-electron chi connectivity index (χ4n) is 1.61. The lowest BCUT2D eigenvalue weighted by Gasteiger charge is -2.12. The largest absolute Gasteiger partial charge is 0.493 e. The third-order valence-corrected chi connectivity index (χ3v) is 3.57. The van der Waals surface area contributed by atoms with Crippen LogP contribution in [0.3, 0.4) is 0 Å². The molecule has 0 bridgehead atoms. The Balaban J connectivity index is 2.61. The molecule has 0 spiro atoms. The molecule has 1 aromatic heterocycles. The number of nitrogens with two attached hydrogens (primary N) is 1. The Morgan fingerprint density at radius 3 is 2.65 bits per heavy atom. The van der Waals surface area contributed by atoms with Crippen LogP contribution in [-0.2, 0) is 4.79 Å². The third-order valence-electron chi connectivity index (χ3n) is 2.61. The maximum absolute atomic E-state index is 12.3. The third kappa shape index (κ3) is 2.83. The lowest BCUT2D eigenvalue weighted by molar-refractivity contribution is -0.115. The second kappa shape index (κ2) is 5.79. The van der Waals surface area contributed by atoms with Gasteiger partial charge in [-0.25, -0.2) is 0 Å². The van der Waals surface area contributed by atoms with Crippen LogP contribution in [0, 0.1) is 6.92 Å². The smallest absolute Gasteiger partial charge is 0.265 e. The molecule has 104 valence electrons. The maximum Gasteiger partial charge on any atom is 0.265 e. The van der Waals surface area contributed by atoms with Crippen LogP contribution in [-0.4, -0.2) is 26.3 Å². The van der Waals surface area contributed by atoms with Gasteiger partial charge in [0.15, 0.2) is 5.16 Å². The van der Waals surface area contributed by atoms with Crippen molar-refractivity contribution in [2.75, 3.05) is 5.75 Å². The maximum atomic E-state index is 12.3. The number of rotatable bonds is 4. The van der Waals surface area contributed by atoms with Gasteiger partial charge in [0.25, 0.3) is 5.56 Å². The molecule has 2 rings (SSSR count). The van der Waals surface area contributed by atoms with Gasteiger partial charge >= 0.3 is 0 Å². The van der Waals surface area contributed by atoms with Crippen molar-refractivity contribution in [3.63, 3.8) is 0 Å². The van der Waals surface area contributed by atoms with E-state index < -0.39 is 5.91 Å². The summed E-state index contributed by atoms with van der Waals surface area (Å²) in [6.45, 7) is 1.49. The van der Waals surface area contributed by atoms with Gasteiger partial charge in [-0.05, 0) is 19.1 Å². The van der Waals surface area contributed by atoms with Gasteiger partial charge in [-0.3, -0.25) is 14.2 Å². The number of aromatic hydroxyl groups is 1. The van der Waals surface area contributed by atoms with Crippen molar-refractivity contribution in [2.45, 2.75) is 12.1 Å². The fraction of sp³-hybridized carbons (Fsp3) is 0.154. The van der Waals surface area contributed by atoms with Crippen LogP contribution in [0.25, 0.3) is 5.69 Å². The molecule has 20 heavy (non-hydrogen) atoms. The van der Waals surface area contributed by atoms with Crippen molar-refractivity contribution >= 4 is 17.7 Å². The SMILES string of the molecule is Cc1c(O)nc(SCC(N)=O)n(-c2ccccc2)c1=O. The summed E-state index contributed by atoms with van der Waals surface area (Å²) in [7, 11) is 0. The van der Waals surface area contributed by atoms with Crippen LogP contribution in [0.1, 0.15) is 5.56 Å². The zero-order valence-electron chi connectivity index (χ0n) is 10.7. The monoisotopic (exact) mass is 291 g/mol. The summed E-state index contributed by atoms with van der Waals surface area (Å²) in [6.07, 6.45) is 0. The number of primary amides is 1. The number of thioether (sulfide) groups is 1. The first-order valence-corrected chi connectivity index (χ1v) is 6.78. The summed E-state index contributed by atoms with van der Waals surface area (Å²) in [5.74, 6) is -0.889. The lowest BCUT2D eigenvalue weighted by atomic mass is 10.3. The zero-order chi connectivity index (χ0) is 14.7. The Hall–Kier alpha value is -2.28. The van der Waals surface area contributed by atoms with E-state index in [1.54, 1.807) is 24.3 Å². The van der Waals surface area contributed by atoms with E-state index in [1.807, 2.05) is 6.07 Å². The molecule has 0 atom stereocenters. The van der Waals surface area contributed by atoms with Crippen molar-refractivity contribution in [3.05, 3.63) is 46.2 Å². The molecule has 1 heterocycles. The Morgan fingerprint density at radius 1 is 1.40 bits per heavy atom. The summed E-state index contributed by atoms with van der Waals surface area (Å²) in [5.41, 5.74) is 5.48.